The van der Waals surface area contributed by atoms with E-state index in [1.54, 1.807) is 0 Å². The van der Waals surface area contributed by atoms with E-state index in [1.165, 1.54) is 4.90 Å². The molecule has 1 heterocycles. The molecule has 0 atom stereocenters. The number of nitrogen functional groups attached to an aromatic ring is 1. The Balaban J connectivity index is 2.26. The average molecular weight is 274 g/mol. The molecule has 1 saturated heterocycles. The molecule has 1 fully saturated rings. The molecular formula is C11H12F2N2O2S. The molecule has 0 spiro atoms. The van der Waals surface area contributed by atoms with E-state index >= 15 is 0 Å². The normalized spacial score (nSPS) is 16.9. The van der Waals surface area contributed by atoms with Crippen molar-refractivity contribution in [1.29, 1.82) is 0 Å². The molecule has 18 heavy (non-hydrogen) atoms. The van der Waals surface area contributed by atoms with Crippen molar-refractivity contribution in [3.63, 3.8) is 0 Å². The van der Waals surface area contributed by atoms with Crippen LogP contribution in [-0.4, -0.2) is 39.6 Å². The summed E-state index contributed by atoms with van der Waals surface area (Å²) < 4.78 is 38.0. The lowest BCUT2D eigenvalue weighted by Gasteiger charge is -2.26. The van der Waals surface area contributed by atoms with Crippen molar-refractivity contribution in [2.24, 2.45) is 0 Å². The van der Waals surface area contributed by atoms with Crippen LogP contribution in [0.2, 0.25) is 0 Å². The molecule has 7 heteroatoms. The van der Waals surface area contributed by atoms with Crippen LogP contribution in [0.25, 0.3) is 0 Å². The second-order valence-corrected chi connectivity index (χ2v) is 5.69. The number of carbonyl (C=O) groups excluding carboxylic acids is 1. The summed E-state index contributed by atoms with van der Waals surface area (Å²) in [4.78, 5) is 13.4. The number of amides is 1. The molecule has 1 aliphatic heterocycles. The highest BCUT2D eigenvalue weighted by Gasteiger charge is 2.24. The summed E-state index contributed by atoms with van der Waals surface area (Å²) in [5.74, 6) is -1.56. The Kier molecular flexibility index (Phi) is 3.60. The van der Waals surface area contributed by atoms with Crippen LogP contribution >= 0.6 is 0 Å². The van der Waals surface area contributed by atoms with Crippen LogP contribution in [0.5, 0.6) is 0 Å². The molecule has 0 aliphatic carbocycles. The monoisotopic (exact) mass is 274 g/mol. The smallest absolute Gasteiger partial charge is 0.257 e. The van der Waals surface area contributed by atoms with Gasteiger partial charge in [0.1, 0.15) is 5.82 Å². The number of hydrogen-bond acceptors (Lipinski definition) is 3. The van der Waals surface area contributed by atoms with Crippen molar-refractivity contribution in [2.75, 3.05) is 30.3 Å². The second kappa shape index (κ2) is 5.01. The molecule has 0 unspecified atom stereocenters. The average Bonchev–Trinajstić information content (AvgIpc) is 2.34. The van der Waals surface area contributed by atoms with Gasteiger partial charge in [-0.15, -0.1) is 0 Å². The lowest BCUT2D eigenvalue weighted by atomic mass is 10.1. The molecule has 1 amide bonds. The fourth-order valence-corrected chi connectivity index (χ4v) is 2.83. The molecule has 98 valence electrons. The largest absolute Gasteiger partial charge is 0.396 e. The van der Waals surface area contributed by atoms with Crippen molar-refractivity contribution in [3.8, 4) is 0 Å². The van der Waals surface area contributed by atoms with Crippen molar-refractivity contribution in [3.05, 3.63) is 29.3 Å². The first kappa shape index (κ1) is 12.9. The summed E-state index contributed by atoms with van der Waals surface area (Å²) in [7, 11) is -0.934. The van der Waals surface area contributed by atoms with E-state index in [4.69, 9.17) is 5.73 Å². The van der Waals surface area contributed by atoms with Gasteiger partial charge in [0.25, 0.3) is 5.91 Å². The van der Waals surface area contributed by atoms with Gasteiger partial charge < -0.3 is 10.6 Å². The Labute approximate surface area is 105 Å². The first-order valence-corrected chi connectivity index (χ1v) is 6.86. The number of anilines is 1. The van der Waals surface area contributed by atoms with E-state index in [2.05, 4.69) is 0 Å². The van der Waals surface area contributed by atoms with E-state index < -0.39 is 28.3 Å². The Morgan fingerprint density at radius 2 is 1.89 bits per heavy atom. The first-order valence-electron chi connectivity index (χ1n) is 5.38. The van der Waals surface area contributed by atoms with Crippen molar-refractivity contribution < 1.29 is 17.8 Å². The standard InChI is InChI=1S/C11H12F2N2O2S/c12-7-5-8(10(13)9(14)6-7)11(16)15-1-3-18(17)4-2-15/h5-6H,1-4,14H2. The third-order valence-corrected chi connectivity index (χ3v) is 4.04. The predicted molar refractivity (Wildman–Crippen MR) is 64.6 cm³/mol. The molecule has 2 rings (SSSR count). The number of rotatable bonds is 1. The van der Waals surface area contributed by atoms with Gasteiger partial charge in [0.05, 0.1) is 11.3 Å². The van der Waals surface area contributed by atoms with Gasteiger partial charge in [0, 0.05) is 35.4 Å². The number of hydrogen-bond donors (Lipinski definition) is 1. The van der Waals surface area contributed by atoms with Gasteiger partial charge in [-0.25, -0.2) is 8.78 Å². The lowest BCUT2D eigenvalue weighted by Crippen LogP contribution is -2.42. The molecule has 0 saturated carbocycles. The van der Waals surface area contributed by atoms with Crippen LogP contribution in [0, 0.1) is 11.6 Å². The highest BCUT2D eigenvalue weighted by Crippen LogP contribution is 2.19. The minimum absolute atomic E-state index is 0.279. The number of carbonyl (C=O) groups is 1. The second-order valence-electron chi connectivity index (χ2n) is 4.00. The summed E-state index contributed by atoms with van der Waals surface area (Å²) in [6.07, 6.45) is 0. The maximum Gasteiger partial charge on any atom is 0.257 e. The van der Waals surface area contributed by atoms with Gasteiger partial charge in [-0.05, 0) is 12.1 Å². The molecule has 1 aromatic carbocycles. The summed E-state index contributed by atoms with van der Waals surface area (Å²) in [6, 6.07) is 1.66. The van der Waals surface area contributed by atoms with E-state index in [-0.39, 0.29) is 24.3 Å². The van der Waals surface area contributed by atoms with Gasteiger partial charge in [-0.3, -0.25) is 9.00 Å². The minimum Gasteiger partial charge on any atom is -0.396 e. The Morgan fingerprint density at radius 1 is 1.28 bits per heavy atom. The Hall–Kier alpha value is -1.50. The van der Waals surface area contributed by atoms with E-state index in [1.807, 2.05) is 0 Å². The fraction of sp³-hybridized carbons (Fsp3) is 0.364. The zero-order valence-electron chi connectivity index (χ0n) is 9.49. The third-order valence-electron chi connectivity index (χ3n) is 2.76. The number of nitrogens with two attached hydrogens (primary N) is 1. The van der Waals surface area contributed by atoms with Crippen LogP contribution in [-0.2, 0) is 10.8 Å². The summed E-state index contributed by atoms with van der Waals surface area (Å²) >= 11 is 0. The van der Waals surface area contributed by atoms with E-state index in [9.17, 15) is 17.8 Å². The van der Waals surface area contributed by atoms with Crippen LogP contribution < -0.4 is 5.73 Å². The van der Waals surface area contributed by atoms with Crippen LogP contribution in [0.1, 0.15) is 10.4 Å². The van der Waals surface area contributed by atoms with Crippen molar-refractivity contribution >= 4 is 22.4 Å². The van der Waals surface area contributed by atoms with Crippen LogP contribution in [0.3, 0.4) is 0 Å². The van der Waals surface area contributed by atoms with Crippen LogP contribution in [0.4, 0.5) is 14.5 Å². The fourth-order valence-electron chi connectivity index (χ4n) is 1.78. The van der Waals surface area contributed by atoms with E-state index in [0.717, 1.165) is 12.1 Å². The molecule has 0 aromatic heterocycles. The third kappa shape index (κ3) is 2.50. The van der Waals surface area contributed by atoms with Gasteiger partial charge in [0.2, 0.25) is 0 Å². The number of halogens is 2. The number of benzene rings is 1. The topological polar surface area (TPSA) is 63.4 Å². The number of nitrogens with zero attached hydrogens (tertiary/aromatic N) is 1. The minimum atomic E-state index is -0.934. The predicted octanol–water partition coefficient (Wildman–Crippen LogP) is 0.752. The lowest BCUT2D eigenvalue weighted by molar-refractivity contribution is 0.0766. The summed E-state index contributed by atoms with van der Waals surface area (Å²) in [5, 5.41) is 0. The Bertz CT molecular complexity index is 512. The van der Waals surface area contributed by atoms with E-state index in [0.29, 0.717) is 11.5 Å². The quantitative estimate of drug-likeness (QED) is 0.769. The molecule has 1 aliphatic rings. The van der Waals surface area contributed by atoms with Gasteiger partial charge in [0.15, 0.2) is 5.82 Å². The highest BCUT2D eigenvalue weighted by atomic mass is 32.2. The molecule has 0 bridgehead atoms. The van der Waals surface area contributed by atoms with Crippen molar-refractivity contribution in [1.82, 2.24) is 4.90 Å². The molecule has 4 nitrogen and oxygen atoms in total. The summed E-state index contributed by atoms with van der Waals surface area (Å²) in [6.45, 7) is 0.558. The zero-order chi connectivity index (χ0) is 13.3. The van der Waals surface area contributed by atoms with Gasteiger partial charge >= 0.3 is 0 Å². The SMILES string of the molecule is Nc1cc(F)cc(C(=O)N2CCS(=O)CC2)c1F. The molecule has 0 radical (unpaired) electrons. The van der Waals surface area contributed by atoms with Gasteiger partial charge in [-0.1, -0.05) is 0 Å². The Morgan fingerprint density at radius 3 is 2.50 bits per heavy atom. The van der Waals surface area contributed by atoms with Gasteiger partial charge in [-0.2, -0.15) is 0 Å². The zero-order valence-corrected chi connectivity index (χ0v) is 10.3. The highest BCUT2D eigenvalue weighted by molar-refractivity contribution is 7.85. The first-order chi connectivity index (χ1) is 8.49. The molecule has 1 aromatic rings. The summed E-state index contributed by atoms with van der Waals surface area (Å²) in [5.41, 5.74) is 4.51. The molecule has 2 N–H and O–H groups in total. The maximum absolute atomic E-state index is 13.7. The molecular weight excluding hydrogens is 262 g/mol. The van der Waals surface area contributed by atoms with Crippen LogP contribution in [0.15, 0.2) is 12.1 Å². The van der Waals surface area contributed by atoms with Crippen molar-refractivity contribution in [2.45, 2.75) is 0 Å². The maximum atomic E-state index is 13.7.